The first-order valence-electron chi connectivity index (χ1n) is 14.4. The number of nitrogens with one attached hydrogen (secondary N) is 1. The highest BCUT2D eigenvalue weighted by Gasteiger charge is 2.36. The molecule has 13 heteroatoms. The van der Waals surface area contributed by atoms with Crippen molar-refractivity contribution in [1.82, 2.24) is 10.3 Å². The van der Waals surface area contributed by atoms with E-state index in [0.717, 1.165) is 11.1 Å². The summed E-state index contributed by atoms with van der Waals surface area (Å²) in [5, 5.41) is 2.66. The van der Waals surface area contributed by atoms with Gasteiger partial charge in [0.15, 0.2) is 17.2 Å². The van der Waals surface area contributed by atoms with Gasteiger partial charge in [0.05, 0.1) is 13.2 Å². The Kier molecular flexibility index (Phi) is 12.8. The third-order valence-corrected chi connectivity index (χ3v) is 7.19. The monoisotopic (exact) mass is 624 g/mol. The van der Waals surface area contributed by atoms with Gasteiger partial charge in [-0.2, -0.15) is 13.2 Å². The number of ether oxygens (including phenoxy) is 5. The van der Waals surface area contributed by atoms with Crippen molar-refractivity contribution >= 4 is 17.8 Å². The van der Waals surface area contributed by atoms with Crippen LogP contribution in [0.15, 0.2) is 36.5 Å². The molecule has 1 fully saturated rings. The highest BCUT2D eigenvalue weighted by Crippen LogP contribution is 2.31. The summed E-state index contributed by atoms with van der Waals surface area (Å²) in [5.41, 5.74) is 1.92. The van der Waals surface area contributed by atoms with Crippen molar-refractivity contribution in [3.05, 3.63) is 53.3 Å². The van der Waals surface area contributed by atoms with Gasteiger partial charge in [-0.05, 0) is 51.0 Å². The number of carbonyl (C=O) groups excluding carboxylic acids is 3. The molecule has 0 aliphatic carbocycles. The van der Waals surface area contributed by atoms with Crippen molar-refractivity contribution in [3.8, 4) is 11.5 Å². The summed E-state index contributed by atoms with van der Waals surface area (Å²) < 4.78 is 65.5. The third-order valence-electron chi connectivity index (χ3n) is 7.19. The lowest BCUT2D eigenvalue weighted by Gasteiger charge is -2.31. The molecule has 1 aromatic heterocycles. The molecule has 44 heavy (non-hydrogen) atoms. The summed E-state index contributed by atoms with van der Waals surface area (Å²) in [6.45, 7) is 4.18. The van der Waals surface area contributed by atoms with Gasteiger partial charge in [-0.3, -0.25) is 9.59 Å². The van der Waals surface area contributed by atoms with Crippen molar-refractivity contribution in [1.29, 1.82) is 0 Å². The van der Waals surface area contributed by atoms with Crippen LogP contribution >= 0.6 is 0 Å². The van der Waals surface area contributed by atoms with Crippen LogP contribution in [0, 0.1) is 12.8 Å². The largest absolute Gasteiger partial charge is 0.493 e. The van der Waals surface area contributed by atoms with E-state index >= 15 is 0 Å². The van der Waals surface area contributed by atoms with E-state index in [0.29, 0.717) is 19.3 Å². The van der Waals surface area contributed by atoms with E-state index in [2.05, 4.69) is 10.3 Å². The minimum atomic E-state index is -4.30. The maximum absolute atomic E-state index is 13.3. The first-order valence-corrected chi connectivity index (χ1v) is 14.4. The fourth-order valence-electron chi connectivity index (χ4n) is 5.01. The third kappa shape index (κ3) is 10.7. The maximum atomic E-state index is 13.3. The predicted molar refractivity (Wildman–Crippen MR) is 152 cm³/mol. The maximum Gasteiger partial charge on any atom is 0.389 e. The van der Waals surface area contributed by atoms with Crippen molar-refractivity contribution in [2.45, 2.75) is 83.7 Å². The molecular weight excluding hydrogens is 585 g/mol. The van der Waals surface area contributed by atoms with E-state index in [-0.39, 0.29) is 42.6 Å². The fraction of sp³-hybridized carbons (Fsp3) is 0.548. The Labute approximate surface area is 254 Å². The number of aryl methyl sites for hydroxylation is 1. The van der Waals surface area contributed by atoms with Gasteiger partial charge >= 0.3 is 18.1 Å². The lowest BCUT2D eigenvalue weighted by molar-refractivity contribution is -0.162. The molecule has 0 radical (unpaired) electrons. The van der Waals surface area contributed by atoms with E-state index in [1.807, 2.05) is 31.2 Å². The molecule has 10 nitrogen and oxygen atoms in total. The van der Waals surface area contributed by atoms with Gasteiger partial charge in [0.2, 0.25) is 6.79 Å². The summed E-state index contributed by atoms with van der Waals surface area (Å²) in [6.07, 6.45) is -3.77. The first kappa shape index (κ1) is 34.6. The number of amides is 1. The predicted octanol–water partition coefficient (Wildman–Crippen LogP) is 5.10. The van der Waals surface area contributed by atoms with Crippen LogP contribution in [0.25, 0.3) is 0 Å². The van der Waals surface area contributed by atoms with E-state index in [4.69, 9.17) is 23.7 Å². The smallest absolute Gasteiger partial charge is 0.389 e. The normalized spacial score (nSPS) is 20.8. The van der Waals surface area contributed by atoms with Crippen LogP contribution < -0.4 is 14.8 Å². The second kappa shape index (κ2) is 16.3. The molecule has 2 aromatic rings. The Bertz CT molecular complexity index is 1260. The van der Waals surface area contributed by atoms with Crippen molar-refractivity contribution in [2.24, 2.45) is 5.92 Å². The number of nitrogens with zero attached hydrogens (tertiary/aromatic N) is 1. The number of halogens is 3. The molecule has 0 bridgehead atoms. The molecule has 0 unspecified atom stereocenters. The van der Waals surface area contributed by atoms with Crippen LogP contribution in [0.5, 0.6) is 11.5 Å². The number of aromatic nitrogens is 1. The molecule has 3 rings (SSSR count). The average molecular weight is 625 g/mol. The molecule has 242 valence electrons. The molecule has 0 spiro atoms. The molecular formula is C31H39F3N2O8. The molecule has 1 aliphatic heterocycles. The highest BCUT2D eigenvalue weighted by molar-refractivity contribution is 5.98. The Morgan fingerprint density at radius 1 is 1.14 bits per heavy atom. The average Bonchev–Trinajstić information content (AvgIpc) is 3.00. The van der Waals surface area contributed by atoms with Crippen LogP contribution in [0.4, 0.5) is 13.2 Å². The number of carbonyl (C=O) groups is 3. The van der Waals surface area contributed by atoms with Crippen LogP contribution in [-0.4, -0.2) is 67.8 Å². The molecule has 1 aliphatic rings. The SMILES string of the molecule is COc1ccnc(C(=O)N[C@H]2CCC[C@H](Cc3ccc(C)cc3)[C@@H](OCCCC(F)(F)F)[C@H](C)OC2=O)c1OCOC(C)=O. The standard InChI is InChI=1S/C31H39F3N2O8/c1-19-9-11-22(12-10-19)17-23-7-5-8-24(30(39)44-20(2)27(23)41-16-6-14-31(32,33)34)36-29(38)26-28(43-18-42-21(3)37)25(40-4)13-15-35-26/h9-13,15,20,23-24,27H,5-8,14,16-18H2,1-4H3,(H,36,38)/t20-,23+,24-,27-/m0/s1. The lowest BCUT2D eigenvalue weighted by Crippen LogP contribution is -2.45. The zero-order valence-electron chi connectivity index (χ0n) is 25.3. The zero-order valence-corrected chi connectivity index (χ0v) is 25.3. The van der Waals surface area contributed by atoms with E-state index < -0.39 is 55.5 Å². The van der Waals surface area contributed by atoms with Crippen molar-refractivity contribution < 1.29 is 51.2 Å². The molecule has 1 saturated heterocycles. The molecule has 0 saturated carbocycles. The summed E-state index contributed by atoms with van der Waals surface area (Å²) in [6, 6.07) is 8.35. The number of methoxy groups -OCH3 is 1. The number of benzene rings is 1. The minimum Gasteiger partial charge on any atom is -0.493 e. The molecule has 2 heterocycles. The highest BCUT2D eigenvalue weighted by atomic mass is 19.4. The Balaban J connectivity index is 1.78. The zero-order chi connectivity index (χ0) is 32.3. The van der Waals surface area contributed by atoms with Gasteiger partial charge in [-0.25, -0.2) is 9.78 Å². The molecule has 1 aromatic carbocycles. The number of cyclic esters (lactones) is 1. The summed E-state index contributed by atoms with van der Waals surface area (Å²) >= 11 is 0. The van der Waals surface area contributed by atoms with Gasteiger partial charge in [0.25, 0.3) is 5.91 Å². The van der Waals surface area contributed by atoms with Gasteiger partial charge < -0.3 is 29.0 Å². The Morgan fingerprint density at radius 3 is 2.52 bits per heavy atom. The van der Waals surface area contributed by atoms with E-state index in [9.17, 15) is 27.6 Å². The van der Waals surface area contributed by atoms with Gasteiger partial charge in [-0.1, -0.05) is 36.2 Å². The van der Waals surface area contributed by atoms with Crippen LogP contribution in [0.3, 0.4) is 0 Å². The number of rotatable bonds is 12. The molecule has 1 N–H and O–H groups in total. The van der Waals surface area contributed by atoms with Gasteiger partial charge in [0, 0.05) is 32.2 Å². The lowest BCUT2D eigenvalue weighted by atomic mass is 9.86. The van der Waals surface area contributed by atoms with Gasteiger partial charge in [0.1, 0.15) is 12.1 Å². The molecule has 4 atom stereocenters. The van der Waals surface area contributed by atoms with E-state index in [1.165, 1.54) is 26.3 Å². The number of hydrogen-bond donors (Lipinski definition) is 1. The second-order valence-corrected chi connectivity index (χ2v) is 10.7. The van der Waals surface area contributed by atoms with Crippen LogP contribution in [0.1, 0.15) is 67.6 Å². The number of esters is 2. The minimum absolute atomic E-state index is 0.0796. The van der Waals surface area contributed by atoms with Gasteiger partial charge in [-0.15, -0.1) is 0 Å². The molecule has 1 amide bonds. The summed E-state index contributed by atoms with van der Waals surface area (Å²) in [4.78, 5) is 41.8. The fourth-order valence-corrected chi connectivity index (χ4v) is 5.01. The van der Waals surface area contributed by atoms with Crippen LogP contribution in [-0.2, 0) is 30.2 Å². The Hall–Kier alpha value is -3.87. The number of alkyl halides is 3. The number of pyridine rings is 1. The first-order chi connectivity index (χ1) is 20.9. The second-order valence-electron chi connectivity index (χ2n) is 10.7. The van der Waals surface area contributed by atoms with Crippen LogP contribution in [0.2, 0.25) is 0 Å². The number of hydrogen-bond acceptors (Lipinski definition) is 9. The summed E-state index contributed by atoms with van der Waals surface area (Å²) in [7, 11) is 1.36. The topological polar surface area (TPSA) is 122 Å². The quantitative estimate of drug-likeness (QED) is 0.195. The van der Waals surface area contributed by atoms with Crippen molar-refractivity contribution in [2.75, 3.05) is 20.5 Å². The van der Waals surface area contributed by atoms with E-state index in [1.54, 1.807) is 6.92 Å². The Morgan fingerprint density at radius 2 is 1.86 bits per heavy atom. The van der Waals surface area contributed by atoms with Crippen molar-refractivity contribution in [3.63, 3.8) is 0 Å². The summed E-state index contributed by atoms with van der Waals surface area (Å²) in [5.74, 6) is -2.13.